The summed E-state index contributed by atoms with van der Waals surface area (Å²) in [6.07, 6.45) is 0. The molecule has 0 saturated heterocycles. The average Bonchev–Trinajstić information content (AvgIpc) is 4.18. The van der Waals surface area contributed by atoms with E-state index in [0.717, 1.165) is 84.1 Å². The van der Waals surface area contributed by atoms with Crippen LogP contribution in [0.3, 0.4) is 0 Å². The normalized spacial score (nSPS) is 11.8. The van der Waals surface area contributed by atoms with Crippen molar-refractivity contribution in [1.29, 1.82) is 0 Å². The van der Waals surface area contributed by atoms with Gasteiger partial charge in [-0.25, -0.2) is 0 Å². The second kappa shape index (κ2) is 15.2. The van der Waals surface area contributed by atoms with Crippen molar-refractivity contribution in [3.05, 3.63) is 243 Å². The van der Waals surface area contributed by atoms with Gasteiger partial charge in [0.2, 0.25) is 0 Å². The van der Waals surface area contributed by atoms with Crippen LogP contribution in [0.4, 0.5) is 0 Å². The van der Waals surface area contributed by atoms with Crippen molar-refractivity contribution in [1.82, 2.24) is 28.5 Å². The Labute approximate surface area is 391 Å². The van der Waals surface area contributed by atoms with Crippen LogP contribution in [0, 0.1) is 0 Å². The van der Waals surface area contributed by atoms with E-state index in [1.54, 1.807) is 0 Å². The van der Waals surface area contributed by atoms with E-state index in [2.05, 4.69) is 249 Å². The van der Waals surface area contributed by atoms with E-state index in [1.165, 1.54) is 38.0 Å². The highest BCUT2D eigenvalue weighted by molar-refractivity contribution is 6.26. The average molecular weight is 869 g/mol. The highest BCUT2D eigenvalue weighted by atomic mass is 15.3. The Morgan fingerprint density at radius 1 is 0.265 bits per heavy atom. The van der Waals surface area contributed by atoms with Crippen molar-refractivity contribution in [2.24, 2.45) is 0 Å². The third-order valence-corrected chi connectivity index (χ3v) is 13.7. The van der Waals surface area contributed by atoms with E-state index in [-0.39, 0.29) is 0 Å². The quantitative estimate of drug-likeness (QED) is 0.160. The SMILES string of the molecule is c1ccc(-c2nnc(-c3cccc4c5ccccc5n(-c5ccccc5-c5cccc(-n6c7ccccc7c7c6ccc6c8ccccc8n(-c8ccccc8)c67)c5)c34)n2-c2ccccc2)cc1. The van der Waals surface area contributed by atoms with Crippen LogP contribution >= 0.6 is 0 Å². The van der Waals surface area contributed by atoms with E-state index in [0.29, 0.717) is 0 Å². The van der Waals surface area contributed by atoms with Crippen molar-refractivity contribution in [2.75, 3.05) is 0 Å². The van der Waals surface area contributed by atoms with Crippen LogP contribution in [0.15, 0.2) is 243 Å². The molecule has 6 nitrogen and oxygen atoms in total. The molecule has 0 amide bonds. The van der Waals surface area contributed by atoms with Gasteiger partial charge in [0.25, 0.3) is 0 Å². The van der Waals surface area contributed by atoms with E-state index >= 15 is 0 Å². The molecule has 14 rings (SSSR count). The van der Waals surface area contributed by atoms with Gasteiger partial charge in [-0.1, -0.05) is 170 Å². The van der Waals surface area contributed by atoms with Crippen LogP contribution < -0.4 is 0 Å². The van der Waals surface area contributed by atoms with Crippen LogP contribution in [0.25, 0.3) is 122 Å². The summed E-state index contributed by atoms with van der Waals surface area (Å²) in [4.78, 5) is 0. The first-order valence-electron chi connectivity index (χ1n) is 23.1. The highest BCUT2D eigenvalue weighted by Gasteiger charge is 2.25. The van der Waals surface area contributed by atoms with Gasteiger partial charge in [0.05, 0.1) is 38.8 Å². The van der Waals surface area contributed by atoms with Gasteiger partial charge in [0.1, 0.15) is 0 Å². The highest BCUT2D eigenvalue weighted by Crippen LogP contribution is 2.44. The zero-order valence-corrected chi connectivity index (χ0v) is 36.8. The molecule has 0 radical (unpaired) electrons. The maximum Gasteiger partial charge on any atom is 0.171 e. The predicted molar refractivity (Wildman–Crippen MR) is 281 cm³/mol. The summed E-state index contributed by atoms with van der Waals surface area (Å²) in [5.74, 6) is 1.56. The summed E-state index contributed by atoms with van der Waals surface area (Å²) < 4.78 is 9.53. The maximum atomic E-state index is 5.01. The van der Waals surface area contributed by atoms with Crippen molar-refractivity contribution in [2.45, 2.75) is 0 Å². The molecule has 6 heteroatoms. The molecule has 0 atom stereocenters. The molecule has 0 aliphatic heterocycles. The lowest BCUT2D eigenvalue weighted by Gasteiger charge is -2.17. The largest absolute Gasteiger partial charge is 0.309 e. The Hall–Kier alpha value is -9.26. The number of para-hydroxylation sites is 7. The molecular formula is C62H40N6. The molecule has 14 aromatic rings. The zero-order chi connectivity index (χ0) is 44.7. The molecule has 0 bridgehead atoms. The van der Waals surface area contributed by atoms with E-state index in [9.17, 15) is 0 Å². The first-order chi connectivity index (χ1) is 33.8. The molecule has 10 aromatic carbocycles. The molecular weight excluding hydrogens is 829 g/mol. The fraction of sp³-hybridized carbons (Fsp3) is 0. The molecule has 0 N–H and O–H groups in total. The molecule has 0 fully saturated rings. The van der Waals surface area contributed by atoms with Crippen LogP contribution in [0.2, 0.25) is 0 Å². The number of benzene rings is 10. The zero-order valence-electron chi connectivity index (χ0n) is 36.8. The molecule has 0 unspecified atom stereocenters. The van der Waals surface area contributed by atoms with Gasteiger partial charge in [-0.15, -0.1) is 10.2 Å². The minimum absolute atomic E-state index is 0.774. The van der Waals surface area contributed by atoms with Gasteiger partial charge in [-0.3, -0.25) is 4.57 Å². The fourth-order valence-electron chi connectivity index (χ4n) is 10.9. The number of hydrogen-bond acceptors (Lipinski definition) is 2. The lowest BCUT2D eigenvalue weighted by atomic mass is 10.0. The molecule has 0 aliphatic carbocycles. The van der Waals surface area contributed by atoms with Crippen molar-refractivity contribution >= 4 is 65.4 Å². The lowest BCUT2D eigenvalue weighted by Crippen LogP contribution is -2.03. The van der Waals surface area contributed by atoms with Crippen LogP contribution in [-0.2, 0) is 0 Å². The lowest BCUT2D eigenvalue weighted by molar-refractivity contribution is 1.07. The number of aromatic nitrogens is 6. The Bertz CT molecular complexity index is 4250. The predicted octanol–water partition coefficient (Wildman–Crippen LogP) is 15.6. The monoisotopic (exact) mass is 868 g/mol. The van der Waals surface area contributed by atoms with Gasteiger partial charge < -0.3 is 13.7 Å². The summed E-state index contributed by atoms with van der Waals surface area (Å²) in [7, 11) is 0. The molecule has 68 heavy (non-hydrogen) atoms. The fourth-order valence-corrected chi connectivity index (χ4v) is 10.9. The Morgan fingerprint density at radius 2 is 0.765 bits per heavy atom. The minimum atomic E-state index is 0.774. The van der Waals surface area contributed by atoms with E-state index in [4.69, 9.17) is 10.2 Å². The number of rotatable bonds is 7. The number of nitrogens with zero attached hydrogens (tertiary/aromatic N) is 6. The first-order valence-corrected chi connectivity index (χ1v) is 23.1. The second-order valence-corrected chi connectivity index (χ2v) is 17.4. The van der Waals surface area contributed by atoms with E-state index < -0.39 is 0 Å². The van der Waals surface area contributed by atoms with Gasteiger partial charge in [0, 0.05) is 66.1 Å². The first kappa shape index (κ1) is 38.1. The Morgan fingerprint density at radius 3 is 1.50 bits per heavy atom. The van der Waals surface area contributed by atoms with Gasteiger partial charge >= 0.3 is 0 Å². The third-order valence-electron chi connectivity index (χ3n) is 13.7. The molecule has 0 spiro atoms. The second-order valence-electron chi connectivity index (χ2n) is 17.4. The van der Waals surface area contributed by atoms with Gasteiger partial charge in [-0.05, 0) is 78.4 Å². The molecule has 0 saturated carbocycles. The summed E-state index contributed by atoms with van der Waals surface area (Å²) in [6, 6.07) is 86.9. The van der Waals surface area contributed by atoms with Crippen molar-refractivity contribution in [3.8, 4) is 56.7 Å². The van der Waals surface area contributed by atoms with Crippen LogP contribution in [0.1, 0.15) is 0 Å². The number of fused-ring (bicyclic) bond motifs is 10. The summed E-state index contributed by atoms with van der Waals surface area (Å²) in [5, 5.41) is 17.2. The standard InChI is InChI=1S/C62H40N6/c1-4-20-41(21-5-1)61-63-64-62(67(61)44-25-8-3-9-26-44)52-33-19-32-49-47-29-12-16-36-55(47)68(59(49)52)53-34-14-10-28-46(53)42-22-18-27-45(40-42)65-56-37-17-13-31-51(56)58-57(65)39-38-50-48-30-11-15-35-54(48)66(60(50)58)43-23-6-2-7-24-43/h1-40H. The maximum absolute atomic E-state index is 5.01. The molecule has 318 valence electrons. The number of hydrogen-bond donors (Lipinski definition) is 0. The molecule has 4 aromatic heterocycles. The van der Waals surface area contributed by atoms with Crippen LogP contribution in [-0.4, -0.2) is 28.5 Å². The van der Waals surface area contributed by atoms with Gasteiger partial charge in [0.15, 0.2) is 11.6 Å². The summed E-state index contributed by atoms with van der Waals surface area (Å²) in [5.41, 5.74) is 15.5. The van der Waals surface area contributed by atoms with Crippen molar-refractivity contribution < 1.29 is 0 Å². The molecule has 4 heterocycles. The Kier molecular flexibility index (Phi) is 8.48. The third kappa shape index (κ3) is 5.64. The van der Waals surface area contributed by atoms with Gasteiger partial charge in [-0.2, -0.15) is 0 Å². The minimum Gasteiger partial charge on any atom is -0.309 e. The summed E-state index contributed by atoms with van der Waals surface area (Å²) in [6.45, 7) is 0. The Balaban J connectivity index is 1.00. The van der Waals surface area contributed by atoms with Crippen LogP contribution in [0.5, 0.6) is 0 Å². The van der Waals surface area contributed by atoms with Crippen molar-refractivity contribution in [3.63, 3.8) is 0 Å². The van der Waals surface area contributed by atoms with E-state index in [1.807, 2.05) is 12.1 Å². The smallest absolute Gasteiger partial charge is 0.171 e. The summed E-state index contributed by atoms with van der Waals surface area (Å²) >= 11 is 0. The topological polar surface area (TPSA) is 45.5 Å². The molecule has 0 aliphatic rings.